The van der Waals surface area contributed by atoms with Crippen molar-refractivity contribution in [2.45, 2.75) is 19.3 Å². The Kier molecular flexibility index (Phi) is 7.29. The first kappa shape index (κ1) is 14.5. The Morgan fingerprint density at radius 1 is 1.41 bits per heavy atom. The van der Waals surface area contributed by atoms with E-state index < -0.39 is 0 Å². The van der Waals surface area contributed by atoms with Crippen LogP contribution in [0.2, 0.25) is 0 Å². The van der Waals surface area contributed by atoms with Crippen LogP contribution in [0.4, 0.5) is 4.39 Å². The molecule has 1 unspecified atom stereocenters. The van der Waals surface area contributed by atoms with Crippen LogP contribution in [0.15, 0.2) is 24.3 Å². The van der Waals surface area contributed by atoms with E-state index in [9.17, 15) is 4.39 Å². The molecule has 0 saturated heterocycles. The highest BCUT2D eigenvalue weighted by molar-refractivity contribution is 7.98. The molecule has 0 aliphatic heterocycles. The summed E-state index contributed by atoms with van der Waals surface area (Å²) in [7, 11) is 1.98. The maximum atomic E-state index is 13.1. The summed E-state index contributed by atoms with van der Waals surface area (Å²) in [6, 6.07) is 6.96. The highest BCUT2D eigenvalue weighted by Crippen LogP contribution is 2.16. The smallest absolute Gasteiger partial charge is 0.123 e. The minimum atomic E-state index is -0.130. The molecule has 96 valence electrons. The fourth-order valence-electron chi connectivity index (χ4n) is 2.08. The number of hydrogen-bond acceptors (Lipinski definition) is 2. The molecule has 17 heavy (non-hydrogen) atoms. The number of benzene rings is 1. The van der Waals surface area contributed by atoms with Gasteiger partial charge in [-0.2, -0.15) is 11.8 Å². The summed E-state index contributed by atoms with van der Waals surface area (Å²) >= 11 is 1.89. The van der Waals surface area contributed by atoms with Gasteiger partial charge in [-0.25, -0.2) is 4.39 Å². The van der Waals surface area contributed by atoms with Crippen LogP contribution >= 0.6 is 11.8 Å². The fourth-order valence-corrected chi connectivity index (χ4v) is 2.53. The summed E-state index contributed by atoms with van der Waals surface area (Å²) in [5, 5.41) is 3.23. The van der Waals surface area contributed by atoms with Gasteiger partial charge in [0.1, 0.15) is 5.82 Å². The first-order chi connectivity index (χ1) is 8.26. The highest BCUT2D eigenvalue weighted by atomic mass is 32.2. The van der Waals surface area contributed by atoms with E-state index in [4.69, 9.17) is 0 Å². The van der Waals surface area contributed by atoms with E-state index in [2.05, 4.69) is 11.6 Å². The summed E-state index contributed by atoms with van der Waals surface area (Å²) in [6.07, 6.45) is 5.55. The summed E-state index contributed by atoms with van der Waals surface area (Å²) in [4.78, 5) is 0. The van der Waals surface area contributed by atoms with Crippen molar-refractivity contribution < 1.29 is 4.39 Å². The lowest BCUT2D eigenvalue weighted by Gasteiger charge is -2.16. The van der Waals surface area contributed by atoms with Crippen molar-refractivity contribution in [2.75, 3.05) is 25.6 Å². The highest BCUT2D eigenvalue weighted by Gasteiger charge is 2.09. The number of nitrogens with one attached hydrogen (secondary N) is 1. The van der Waals surface area contributed by atoms with Gasteiger partial charge in [0.25, 0.3) is 0 Å². The summed E-state index contributed by atoms with van der Waals surface area (Å²) in [5.74, 6) is 1.69. The molecule has 1 N–H and O–H groups in total. The molecule has 0 amide bonds. The van der Waals surface area contributed by atoms with Crippen LogP contribution in [0, 0.1) is 11.7 Å². The predicted octanol–water partition coefficient (Wildman–Crippen LogP) is 3.35. The van der Waals surface area contributed by atoms with Gasteiger partial charge in [-0.05, 0) is 68.5 Å². The molecule has 0 fully saturated rings. The number of rotatable bonds is 8. The topological polar surface area (TPSA) is 12.0 Å². The Bertz CT molecular complexity index is 317. The van der Waals surface area contributed by atoms with Crippen molar-refractivity contribution in [1.82, 2.24) is 5.32 Å². The second-order valence-corrected chi connectivity index (χ2v) is 5.38. The minimum Gasteiger partial charge on any atom is -0.319 e. The van der Waals surface area contributed by atoms with Gasteiger partial charge < -0.3 is 5.32 Å². The maximum absolute atomic E-state index is 13.1. The van der Waals surface area contributed by atoms with Crippen LogP contribution in [0.3, 0.4) is 0 Å². The summed E-state index contributed by atoms with van der Waals surface area (Å²) in [5.41, 5.74) is 1.11. The average Bonchev–Trinajstić information content (AvgIpc) is 2.29. The predicted molar refractivity (Wildman–Crippen MR) is 75.1 cm³/mol. The third-order valence-electron chi connectivity index (χ3n) is 2.87. The van der Waals surface area contributed by atoms with Crippen LogP contribution in [-0.4, -0.2) is 25.6 Å². The molecule has 1 aromatic rings. The molecule has 0 spiro atoms. The molecule has 0 aliphatic rings. The zero-order valence-corrected chi connectivity index (χ0v) is 11.5. The summed E-state index contributed by atoms with van der Waals surface area (Å²) in [6.45, 7) is 1.00. The molecule has 0 bridgehead atoms. The Labute approximate surface area is 108 Å². The Morgan fingerprint density at radius 2 is 2.24 bits per heavy atom. The SMILES string of the molecule is CNCC(CCCSC)Cc1cccc(F)c1. The van der Waals surface area contributed by atoms with E-state index in [-0.39, 0.29) is 5.82 Å². The van der Waals surface area contributed by atoms with Crippen LogP contribution in [0.25, 0.3) is 0 Å². The minimum absolute atomic E-state index is 0.130. The Morgan fingerprint density at radius 3 is 2.88 bits per heavy atom. The molecule has 3 heteroatoms. The van der Waals surface area contributed by atoms with Crippen molar-refractivity contribution >= 4 is 11.8 Å². The van der Waals surface area contributed by atoms with E-state index >= 15 is 0 Å². The molecule has 0 aliphatic carbocycles. The van der Waals surface area contributed by atoms with E-state index in [0.717, 1.165) is 18.5 Å². The fraction of sp³-hybridized carbons (Fsp3) is 0.571. The van der Waals surface area contributed by atoms with Crippen LogP contribution in [0.5, 0.6) is 0 Å². The van der Waals surface area contributed by atoms with Gasteiger partial charge in [0, 0.05) is 0 Å². The van der Waals surface area contributed by atoms with Gasteiger partial charge >= 0.3 is 0 Å². The van der Waals surface area contributed by atoms with Crippen LogP contribution in [0.1, 0.15) is 18.4 Å². The number of halogens is 1. The third kappa shape index (κ3) is 6.08. The standard InChI is InChI=1S/C14H22FNS/c1-16-11-13(6-4-8-17-2)9-12-5-3-7-14(15)10-12/h3,5,7,10,13,16H,4,6,8-9,11H2,1-2H3. The molecule has 0 heterocycles. The second kappa shape index (κ2) is 8.54. The lowest BCUT2D eigenvalue weighted by atomic mass is 9.95. The van der Waals surface area contributed by atoms with Gasteiger partial charge in [0.2, 0.25) is 0 Å². The molecule has 0 aromatic heterocycles. The zero-order valence-electron chi connectivity index (χ0n) is 10.7. The first-order valence-corrected chi connectivity index (χ1v) is 7.53. The van der Waals surface area contributed by atoms with E-state index in [0.29, 0.717) is 5.92 Å². The third-order valence-corrected chi connectivity index (χ3v) is 3.56. The largest absolute Gasteiger partial charge is 0.319 e. The van der Waals surface area contributed by atoms with Crippen molar-refractivity contribution in [3.05, 3.63) is 35.6 Å². The molecule has 0 radical (unpaired) electrons. The van der Waals surface area contributed by atoms with Gasteiger partial charge in [-0.15, -0.1) is 0 Å². The van der Waals surface area contributed by atoms with Crippen molar-refractivity contribution in [1.29, 1.82) is 0 Å². The van der Waals surface area contributed by atoms with Crippen molar-refractivity contribution in [3.8, 4) is 0 Å². The zero-order chi connectivity index (χ0) is 12.5. The van der Waals surface area contributed by atoms with E-state index in [1.54, 1.807) is 12.1 Å². The second-order valence-electron chi connectivity index (χ2n) is 4.39. The molecular weight excluding hydrogens is 233 g/mol. The van der Waals surface area contributed by atoms with Gasteiger partial charge in [-0.1, -0.05) is 12.1 Å². The van der Waals surface area contributed by atoms with Gasteiger partial charge in [-0.3, -0.25) is 0 Å². The van der Waals surface area contributed by atoms with E-state index in [1.165, 1.54) is 24.7 Å². The Hall–Kier alpha value is -0.540. The molecule has 1 aromatic carbocycles. The van der Waals surface area contributed by atoms with Crippen molar-refractivity contribution in [2.24, 2.45) is 5.92 Å². The molecular formula is C14H22FNS. The molecule has 1 nitrogen and oxygen atoms in total. The lowest BCUT2D eigenvalue weighted by Crippen LogP contribution is -2.21. The number of thioether (sulfide) groups is 1. The van der Waals surface area contributed by atoms with Crippen LogP contribution < -0.4 is 5.32 Å². The quantitative estimate of drug-likeness (QED) is 0.715. The average molecular weight is 255 g/mol. The maximum Gasteiger partial charge on any atom is 0.123 e. The first-order valence-electron chi connectivity index (χ1n) is 6.14. The lowest BCUT2D eigenvalue weighted by molar-refractivity contribution is 0.456. The molecule has 1 atom stereocenters. The van der Waals surface area contributed by atoms with Crippen molar-refractivity contribution in [3.63, 3.8) is 0 Å². The summed E-state index contributed by atoms with van der Waals surface area (Å²) < 4.78 is 13.1. The van der Waals surface area contributed by atoms with E-state index in [1.807, 2.05) is 24.9 Å². The Balaban J connectivity index is 2.47. The molecule has 1 rings (SSSR count). The molecule has 0 saturated carbocycles. The van der Waals surface area contributed by atoms with Crippen LogP contribution in [-0.2, 0) is 6.42 Å². The van der Waals surface area contributed by atoms with Gasteiger partial charge in [0.05, 0.1) is 0 Å². The monoisotopic (exact) mass is 255 g/mol. The normalized spacial score (nSPS) is 12.6. The van der Waals surface area contributed by atoms with Gasteiger partial charge in [0.15, 0.2) is 0 Å². The number of hydrogen-bond donors (Lipinski definition) is 1.